The fourth-order valence-electron chi connectivity index (χ4n) is 8.22. The Morgan fingerprint density at radius 1 is 1.11 bits per heavy atom. The molecule has 4 fully saturated rings. The molecule has 6 atom stereocenters. The highest BCUT2D eigenvalue weighted by atomic mass is 16.5. The van der Waals surface area contributed by atoms with E-state index in [1.807, 2.05) is 0 Å². The van der Waals surface area contributed by atoms with Crippen LogP contribution in [0.3, 0.4) is 0 Å². The minimum Gasteiger partial charge on any atom is -0.462 e. The van der Waals surface area contributed by atoms with E-state index >= 15 is 0 Å². The molecule has 0 aromatic heterocycles. The molecule has 1 heterocycles. The molecule has 2 unspecified atom stereocenters. The Kier molecular flexibility index (Phi) is 5.71. The molecular weight excluding hydrogens is 344 g/mol. The van der Waals surface area contributed by atoms with Crippen molar-refractivity contribution in [3.63, 3.8) is 0 Å². The van der Waals surface area contributed by atoms with E-state index in [9.17, 15) is 4.79 Å². The van der Waals surface area contributed by atoms with Crippen LogP contribution >= 0.6 is 0 Å². The van der Waals surface area contributed by atoms with Crippen LogP contribution in [0.4, 0.5) is 0 Å². The number of hydrogen-bond donors (Lipinski definition) is 0. The van der Waals surface area contributed by atoms with Gasteiger partial charge in [-0.15, -0.1) is 0 Å². The first-order chi connectivity index (χ1) is 13.3. The maximum atomic E-state index is 11.4. The quantitative estimate of drug-likeness (QED) is 0.265. The van der Waals surface area contributed by atoms with E-state index in [1.54, 1.807) is 5.57 Å². The first-order valence-electron chi connectivity index (χ1n) is 12.2. The highest BCUT2D eigenvalue weighted by Crippen LogP contribution is 2.74. The summed E-state index contributed by atoms with van der Waals surface area (Å²) in [7, 11) is 0. The Morgan fingerprint density at radius 2 is 1.86 bits per heavy atom. The van der Waals surface area contributed by atoms with Gasteiger partial charge in [0.05, 0.1) is 0 Å². The van der Waals surface area contributed by atoms with E-state index in [0.717, 1.165) is 42.9 Å². The predicted molar refractivity (Wildman–Crippen MR) is 115 cm³/mol. The average molecular weight is 387 g/mol. The summed E-state index contributed by atoms with van der Waals surface area (Å²) >= 11 is 0. The van der Waals surface area contributed by atoms with Gasteiger partial charge in [-0.25, -0.2) is 0 Å². The zero-order valence-electron chi connectivity index (χ0n) is 18.6. The number of ether oxygens (including phenoxy) is 1. The Bertz CT molecular complexity index is 606. The van der Waals surface area contributed by atoms with Gasteiger partial charge in [0, 0.05) is 6.42 Å². The van der Waals surface area contributed by atoms with Gasteiger partial charge < -0.3 is 4.74 Å². The minimum absolute atomic E-state index is 0.0188. The minimum atomic E-state index is 0.0188. The van der Waals surface area contributed by atoms with E-state index in [-0.39, 0.29) is 12.1 Å². The van der Waals surface area contributed by atoms with Gasteiger partial charge in [-0.1, -0.05) is 52.2 Å². The van der Waals surface area contributed by atoms with E-state index in [4.69, 9.17) is 4.74 Å². The molecule has 3 aliphatic carbocycles. The lowest BCUT2D eigenvalue weighted by atomic mass is 9.66. The lowest BCUT2D eigenvalue weighted by molar-refractivity contribution is -0.154. The Balaban J connectivity index is 1.24. The molecule has 1 saturated heterocycles. The molecule has 158 valence electrons. The van der Waals surface area contributed by atoms with Crippen LogP contribution in [-0.4, -0.2) is 12.1 Å². The van der Waals surface area contributed by atoms with Gasteiger partial charge in [0.1, 0.15) is 6.10 Å². The molecule has 0 aromatic carbocycles. The van der Waals surface area contributed by atoms with Crippen molar-refractivity contribution in [2.24, 2.45) is 34.5 Å². The first kappa shape index (κ1) is 20.5. The second-order valence-corrected chi connectivity index (χ2v) is 11.3. The van der Waals surface area contributed by atoms with Crippen molar-refractivity contribution < 1.29 is 9.53 Å². The van der Waals surface area contributed by atoms with E-state index in [2.05, 4.69) is 27.4 Å². The van der Waals surface area contributed by atoms with Gasteiger partial charge in [0.2, 0.25) is 0 Å². The van der Waals surface area contributed by atoms with Crippen molar-refractivity contribution in [1.82, 2.24) is 0 Å². The van der Waals surface area contributed by atoms with E-state index in [0.29, 0.717) is 17.3 Å². The van der Waals surface area contributed by atoms with Crippen molar-refractivity contribution in [2.45, 2.75) is 110 Å². The molecule has 4 rings (SSSR count). The van der Waals surface area contributed by atoms with Crippen LogP contribution < -0.4 is 0 Å². The second kappa shape index (κ2) is 7.80. The molecule has 2 heteroatoms. The molecule has 1 aliphatic heterocycles. The number of fused-ring (bicyclic) bond motifs is 1. The smallest absolute Gasteiger partial charge is 0.306 e. The molecule has 3 saturated carbocycles. The van der Waals surface area contributed by atoms with Crippen LogP contribution in [-0.2, 0) is 9.53 Å². The van der Waals surface area contributed by atoms with Crippen molar-refractivity contribution in [1.29, 1.82) is 0 Å². The van der Waals surface area contributed by atoms with Crippen LogP contribution in [0.25, 0.3) is 0 Å². The SMILES string of the molecule is C=C1CC(CCCCCCC2CCCC(=O)O2)[C@H]2C(C)(C)[C@@H]3C[C@]12CC[C@H]3C. The van der Waals surface area contributed by atoms with E-state index in [1.165, 1.54) is 57.8 Å². The number of rotatable bonds is 7. The molecule has 1 spiro atoms. The highest BCUT2D eigenvalue weighted by molar-refractivity contribution is 5.70. The van der Waals surface area contributed by atoms with E-state index < -0.39 is 0 Å². The second-order valence-electron chi connectivity index (χ2n) is 11.3. The molecule has 2 bridgehead atoms. The Labute approximate surface area is 172 Å². The number of carbonyl (C=O) groups excluding carboxylic acids is 1. The summed E-state index contributed by atoms with van der Waals surface area (Å²) in [6.45, 7) is 12.3. The zero-order valence-corrected chi connectivity index (χ0v) is 18.6. The summed E-state index contributed by atoms with van der Waals surface area (Å²) in [6.07, 6.45) is 16.2. The molecule has 28 heavy (non-hydrogen) atoms. The summed E-state index contributed by atoms with van der Waals surface area (Å²) in [4.78, 5) is 11.4. The summed E-state index contributed by atoms with van der Waals surface area (Å²) < 4.78 is 5.46. The third-order valence-corrected chi connectivity index (χ3v) is 9.41. The molecule has 0 amide bonds. The van der Waals surface area contributed by atoms with Crippen molar-refractivity contribution in [3.05, 3.63) is 12.2 Å². The van der Waals surface area contributed by atoms with Gasteiger partial charge in [0.25, 0.3) is 0 Å². The number of esters is 1. The van der Waals surface area contributed by atoms with Crippen LogP contribution in [0, 0.1) is 34.5 Å². The molecule has 0 N–H and O–H groups in total. The number of cyclic esters (lactones) is 1. The lowest BCUT2D eigenvalue weighted by Gasteiger charge is -2.38. The van der Waals surface area contributed by atoms with Gasteiger partial charge in [-0.3, -0.25) is 4.79 Å². The Morgan fingerprint density at radius 3 is 2.61 bits per heavy atom. The first-order valence-corrected chi connectivity index (χ1v) is 12.2. The molecular formula is C26H42O2. The fraction of sp³-hybridized carbons (Fsp3) is 0.885. The monoisotopic (exact) mass is 386 g/mol. The van der Waals surface area contributed by atoms with Gasteiger partial charge in [-0.2, -0.15) is 0 Å². The summed E-state index contributed by atoms with van der Waals surface area (Å²) in [6, 6.07) is 0. The number of unbranched alkanes of at least 4 members (excludes halogenated alkanes) is 3. The molecule has 0 radical (unpaired) electrons. The van der Waals surface area contributed by atoms with Crippen molar-refractivity contribution in [2.75, 3.05) is 0 Å². The van der Waals surface area contributed by atoms with Crippen LogP contribution in [0.15, 0.2) is 12.2 Å². The third kappa shape index (κ3) is 3.47. The van der Waals surface area contributed by atoms with Crippen molar-refractivity contribution >= 4 is 5.97 Å². The number of carbonyl (C=O) groups is 1. The molecule has 0 aromatic rings. The standard InChI is InChI=1S/C26H42O2/c1-18-14-15-26-17-22(18)25(3,4)24(26)20(16-19(26)2)10-7-5-6-8-11-21-12-9-13-23(27)28-21/h18,20-22,24H,2,5-17H2,1,3-4H3/t18-,20?,21?,22-,24+,26-/m1/s1. The normalized spacial score (nSPS) is 41.8. The molecule has 2 nitrogen and oxygen atoms in total. The topological polar surface area (TPSA) is 26.3 Å². The van der Waals surface area contributed by atoms with Crippen LogP contribution in [0.5, 0.6) is 0 Å². The third-order valence-electron chi connectivity index (χ3n) is 9.41. The maximum absolute atomic E-state index is 11.4. The largest absolute Gasteiger partial charge is 0.462 e. The maximum Gasteiger partial charge on any atom is 0.306 e. The fourth-order valence-corrected chi connectivity index (χ4v) is 8.22. The highest BCUT2D eigenvalue weighted by Gasteiger charge is 2.66. The summed E-state index contributed by atoms with van der Waals surface area (Å²) in [5.74, 6) is 3.57. The molecule has 4 aliphatic rings. The average Bonchev–Trinajstić information content (AvgIpc) is 3.03. The number of hydrogen-bond acceptors (Lipinski definition) is 2. The predicted octanol–water partition coefficient (Wildman–Crippen LogP) is 7.08. The van der Waals surface area contributed by atoms with Gasteiger partial charge in [-0.05, 0) is 92.3 Å². The zero-order chi connectivity index (χ0) is 19.9. The van der Waals surface area contributed by atoms with Gasteiger partial charge in [0.15, 0.2) is 0 Å². The van der Waals surface area contributed by atoms with Gasteiger partial charge >= 0.3 is 5.97 Å². The van der Waals surface area contributed by atoms with Crippen LogP contribution in [0.2, 0.25) is 0 Å². The van der Waals surface area contributed by atoms with Crippen LogP contribution in [0.1, 0.15) is 104 Å². The number of allylic oxidation sites excluding steroid dienone is 1. The lowest BCUT2D eigenvalue weighted by Crippen LogP contribution is -2.32. The summed E-state index contributed by atoms with van der Waals surface area (Å²) in [5.41, 5.74) is 2.60. The Hall–Kier alpha value is -0.790. The van der Waals surface area contributed by atoms with Crippen molar-refractivity contribution in [3.8, 4) is 0 Å². The summed E-state index contributed by atoms with van der Waals surface area (Å²) in [5, 5.41) is 0.